The number of benzene rings is 1. The van der Waals surface area contributed by atoms with Crippen LogP contribution >= 0.6 is 0 Å². The van der Waals surface area contributed by atoms with Crippen molar-refractivity contribution in [3.63, 3.8) is 0 Å². The third kappa shape index (κ3) is 5.16. The van der Waals surface area contributed by atoms with Crippen LogP contribution in [-0.2, 0) is 16.6 Å². The van der Waals surface area contributed by atoms with Crippen molar-refractivity contribution in [2.45, 2.75) is 57.9 Å². The van der Waals surface area contributed by atoms with Crippen LogP contribution in [0.25, 0.3) is 0 Å². The molecular formula is C18H28N2O. The molecule has 0 aromatic heterocycles. The first-order valence-electron chi connectivity index (χ1n) is 8.04. The summed E-state index contributed by atoms with van der Waals surface area (Å²) in [5.74, 6) is 0.182. The lowest BCUT2D eigenvalue weighted by Crippen LogP contribution is -2.42. The van der Waals surface area contributed by atoms with Crippen LogP contribution in [0.15, 0.2) is 24.3 Å². The maximum Gasteiger partial charge on any atom is 0.220 e. The van der Waals surface area contributed by atoms with Gasteiger partial charge in [0.15, 0.2) is 0 Å². The quantitative estimate of drug-likeness (QED) is 0.894. The third-order valence-electron chi connectivity index (χ3n) is 4.16. The number of hydrogen-bond acceptors (Lipinski definition) is 2. The fraction of sp³-hybridized carbons (Fsp3) is 0.611. The van der Waals surface area contributed by atoms with Crippen LogP contribution in [0.5, 0.6) is 0 Å². The predicted molar refractivity (Wildman–Crippen MR) is 87.5 cm³/mol. The molecule has 1 saturated heterocycles. The molecule has 3 heteroatoms. The molecule has 1 heterocycles. The summed E-state index contributed by atoms with van der Waals surface area (Å²) in [6.45, 7) is 8.68. The van der Waals surface area contributed by atoms with Gasteiger partial charge in [0.25, 0.3) is 0 Å². The Morgan fingerprint density at radius 1 is 1.19 bits per heavy atom. The van der Waals surface area contributed by atoms with E-state index in [4.69, 9.17) is 0 Å². The number of aryl methyl sites for hydroxylation is 1. The molecule has 0 spiro atoms. The summed E-state index contributed by atoms with van der Waals surface area (Å²) in [4.78, 5) is 12.0. The third-order valence-corrected chi connectivity index (χ3v) is 4.16. The molecule has 21 heavy (non-hydrogen) atoms. The maximum atomic E-state index is 12.0. The van der Waals surface area contributed by atoms with E-state index in [0.717, 1.165) is 32.4 Å². The lowest BCUT2D eigenvalue weighted by atomic mass is 9.86. The molecule has 0 atom stereocenters. The van der Waals surface area contributed by atoms with Crippen LogP contribution < -0.4 is 10.6 Å². The monoisotopic (exact) mass is 288 g/mol. The average Bonchev–Trinajstić information content (AvgIpc) is 2.46. The zero-order chi connectivity index (χ0) is 15.3. The molecule has 1 aromatic rings. The molecule has 1 fully saturated rings. The number of carbonyl (C=O) groups excluding carboxylic acids is 1. The molecule has 2 N–H and O–H groups in total. The van der Waals surface area contributed by atoms with Gasteiger partial charge in [-0.1, -0.05) is 45.0 Å². The highest BCUT2D eigenvalue weighted by Crippen LogP contribution is 2.22. The van der Waals surface area contributed by atoms with Gasteiger partial charge in [-0.05, 0) is 48.9 Å². The lowest BCUT2D eigenvalue weighted by Gasteiger charge is -2.23. The first kappa shape index (κ1) is 16.0. The molecule has 3 nitrogen and oxygen atoms in total. The molecule has 0 aliphatic carbocycles. The van der Waals surface area contributed by atoms with Gasteiger partial charge in [-0.3, -0.25) is 4.79 Å². The highest BCUT2D eigenvalue weighted by molar-refractivity contribution is 5.76. The van der Waals surface area contributed by atoms with Crippen molar-refractivity contribution in [2.75, 3.05) is 13.1 Å². The standard InChI is InChI=1S/C18H28N2O/c1-18(2,3)15-7-4-14(5-8-15)6-9-17(21)20-16-10-12-19-13-11-16/h4-5,7-8,16,19H,6,9-13H2,1-3H3,(H,20,21). The zero-order valence-corrected chi connectivity index (χ0v) is 13.5. The van der Waals surface area contributed by atoms with Gasteiger partial charge in [0.1, 0.15) is 0 Å². The number of carbonyl (C=O) groups is 1. The Kier molecular flexibility index (Phi) is 5.40. The average molecular weight is 288 g/mol. The molecule has 0 radical (unpaired) electrons. The van der Waals surface area contributed by atoms with Crippen molar-refractivity contribution in [3.05, 3.63) is 35.4 Å². The largest absolute Gasteiger partial charge is 0.353 e. The summed E-state index contributed by atoms with van der Waals surface area (Å²) < 4.78 is 0. The van der Waals surface area contributed by atoms with Gasteiger partial charge in [-0.2, -0.15) is 0 Å². The van der Waals surface area contributed by atoms with Crippen molar-refractivity contribution >= 4 is 5.91 Å². The topological polar surface area (TPSA) is 41.1 Å². The second kappa shape index (κ2) is 7.08. The fourth-order valence-electron chi connectivity index (χ4n) is 2.70. The first-order valence-corrected chi connectivity index (χ1v) is 8.04. The van der Waals surface area contributed by atoms with Crippen LogP contribution in [0.3, 0.4) is 0 Å². The van der Waals surface area contributed by atoms with Gasteiger partial charge < -0.3 is 10.6 Å². The summed E-state index contributed by atoms with van der Waals surface area (Å²) >= 11 is 0. The molecule has 0 saturated carbocycles. The van der Waals surface area contributed by atoms with Crippen molar-refractivity contribution < 1.29 is 4.79 Å². The number of rotatable bonds is 4. The van der Waals surface area contributed by atoms with Crippen LogP contribution in [0, 0.1) is 0 Å². The molecule has 0 bridgehead atoms. The van der Waals surface area contributed by atoms with Crippen molar-refractivity contribution in [3.8, 4) is 0 Å². The summed E-state index contributed by atoms with van der Waals surface area (Å²) in [7, 11) is 0. The van der Waals surface area contributed by atoms with Gasteiger partial charge in [0, 0.05) is 12.5 Å². The number of piperidine rings is 1. The molecular weight excluding hydrogens is 260 g/mol. The van der Waals surface area contributed by atoms with E-state index < -0.39 is 0 Å². The van der Waals surface area contributed by atoms with E-state index in [-0.39, 0.29) is 11.3 Å². The van der Waals surface area contributed by atoms with Crippen molar-refractivity contribution in [2.24, 2.45) is 0 Å². The van der Waals surface area contributed by atoms with E-state index in [1.807, 2.05) is 0 Å². The Bertz CT molecular complexity index is 453. The van der Waals surface area contributed by atoms with Crippen molar-refractivity contribution in [1.82, 2.24) is 10.6 Å². The first-order chi connectivity index (χ1) is 9.95. The lowest BCUT2D eigenvalue weighted by molar-refractivity contribution is -0.121. The zero-order valence-electron chi connectivity index (χ0n) is 13.5. The summed E-state index contributed by atoms with van der Waals surface area (Å²) in [6.07, 6.45) is 3.50. The minimum Gasteiger partial charge on any atom is -0.353 e. The van der Waals surface area contributed by atoms with Gasteiger partial charge in [0.05, 0.1) is 0 Å². The van der Waals surface area contributed by atoms with E-state index in [1.54, 1.807) is 0 Å². The summed E-state index contributed by atoms with van der Waals surface area (Å²) in [5.41, 5.74) is 2.76. The second-order valence-electron chi connectivity index (χ2n) is 7.04. The van der Waals surface area contributed by atoms with Crippen molar-refractivity contribution in [1.29, 1.82) is 0 Å². The minimum atomic E-state index is 0.182. The Hall–Kier alpha value is -1.35. The van der Waals surface area contributed by atoms with Gasteiger partial charge in [-0.25, -0.2) is 0 Å². The van der Waals surface area contributed by atoms with Crippen LogP contribution in [0.1, 0.15) is 51.2 Å². The van der Waals surface area contributed by atoms with Gasteiger partial charge in [-0.15, -0.1) is 0 Å². The highest BCUT2D eigenvalue weighted by Gasteiger charge is 2.15. The highest BCUT2D eigenvalue weighted by atomic mass is 16.1. The predicted octanol–water partition coefficient (Wildman–Crippen LogP) is 2.78. The number of amides is 1. The molecule has 1 aliphatic heterocycles. The Balaban J connectivity index is 1.78. The SMILES string of the molecule is CC(C)(C)c1ccc(CCC(=O)NC2CCNCC2)cc1. The molecule has 116 valence electrons. The Morgan fingerprint density at radius 2 is 1.81 bits per heavy atom. The van der Waals surface area contributed by atoms with Gasteiger partial charge >= 0.3 is 0 Å². The number of hydrogen-bond donors (Lipinski definition) is 2. The number of nitrogens with one attached hydrogen (secondary N) is 2. The van der Waals surface area contributed by atoms with Crippen LogP contribution in [0.2, 0.25) is 0 Å². The molecule has 1 aliphatic rings. The minimum absolute atomic E-state index is 0.182. The fourth-order valence-corrected chi connectivity index (χ4v) is 2.70. The van der Waals surface area contributed by atoms with Crippen LogP contribution in [0.4, 0.5) is 0 Å². The molecule has 0 unspecified atom stereocenters. The second-order valence-corrected chi connectivity index (χ2v) is 7.04. The van der Waals surface area contributed by atoms with E-state index in [1.165, 1.54) is 11.1 Å². The summed E-state index contributed by atoms with van der Waals surface area (Å²) in [6, 6.07) is 9.03. The van der Waals surface area contributed by atoms with Gasteiger partial charge in [0.2, 0.25) is 5.91 Å². The molecule has 1 aromatic carbocycles. The Labute approximate surface area is 128 Å². The summed E-state index contributed by atoms with van der Waals surface area (Å²) in [5, 5.41) is 6.46. The maximum absolute atomic E-state index is 12.0. The van der Waals surface area contributed by atoms with E-state index in [2.05, 4.69) is 55.7 Å². The smallest absolute Gasteiger partial charge is 0.220 e. The molecule has 2 rings (SSSR count). The normalized spacial score (nSPS) is 16.7. The van der Waals surface area contributed by atoms with Crippen LogP contribution in [-0.4, -0.2) is 25.0 Å². The van der Waals surface area contributed by atoms with E-state index in [0.29, 0.717) is 12.5 Å². The van der Waals surface area contributed by atoms with E-state index in [9.17, 15) is 4.79 Å². The Morgan fingerprint density at radius 3 is 2.38 bits per heavy atom. The molecule has 1 amide bonds. The van der Waals surface area contributed by atoms with E-state index >= 15 is 0 Å².